The minimum atomic E-state index is -3.19. The Hall–Kier alpha value is -0.170. The van der Waals surface area contributed by atoms with Gasteiger partial charge in [-0.15, -0.1) is 0 Å². The normalized spacial score (nSPS) is 25.6. The van der Waals surface area contributed by atoms with E-state index >= 15 is 0 Å². The smallest absolute Gasteiger partial charge is 0.154 e. The fraction of sp³-hybridized carbons (Fsp3) is 0.917. The average Bonchev–Trinajstić information content (AvgIpc) is 2.25. The molecule has 0 amide bonds. The maximum atomic E-state index is 11.9. The Morgan fingerprint density at radius 2 is 1.89 bits per heavy atom. The van der Waals surface area contributed by atoms with E-state index in [9.17, 15) is 8.42 Å². The zero-order chi connectivity index (χ0) is 13.4. The van der Waals surface area contributed by atoms with Gasteiger partial charge in [-0.25, -0.2) is 12.7 Å². The minimum Gasteiger partial charge on any atom is -0.368 e. The molecule has 0 aromatic rings. The number of hydrogen-bond acceptors (Lipinski definition) is 4. The summed E-state index contributed by atoms with van der Waals surface area (Å²) in [6, 6.07) is 0. The standard InChI is InChI=1S/C12H22NO4S/c1-2-7-18(16,17)13-5-3-12(4-6-13)8-10(9-12)11(14)15/h7,10-11,14-15H,2-6,8-9H2,1H3/q-1. The van der Waals surface area contributed by atoms with Crippen LogP contribution in [0.4, 0.5) is 0 Å². The minimum absolute atomic E-state index is 0.0182. The molecule has 1 spiro atoms. The zero-order valence-electron chi connectivity index (χ0n) is 10.7. The van der Waals surface area contributed by atoms with Crippen molar-refractivity contribution < 1.29 is 18.6 Å². The number of nitrogens with zero attached hydrogens (tertiary/aromatic N) is 1. The van der Waals surface area contributed by atoms with Crippen molar-refractivity contribution in [3.63, 3.8) is 0 Å². The first kappa shape index (κ1) is 14.2. The molecule has 1 heterocycles. The molecule has 5 nitrogen and oxygen atoms in total. The van der Waals surface area contributed by atoms with Gasteiger partial charge >= 0.3 is 0 Å². The summed E-state index contributed by atoms with van der Waals surface area (Å²) in [5.41, 5.74) is 0.159. The Labute approximate surface area is 109 Å². The van der Waals surface area contributed by atoms with Crippen molar-refractivity contribution in [3.8, 4) is 0 Å². The number of hydrogen-bond donors (Lipinski definition) is 2. The van der Waals surface area contributed by atoms with Gasteiger partial charge in [-0.2, -0.15) is 12.2 Å². The summed E-state index contributed by atoms with van der Waals surface area (Å²) in [4.78, 5) is 0. The molecule has 1 aliphatic heterocycles. The Kier molecular flexibility index (Phi) is 4.02. The second-order valence-corrected chi connectivity index (χ2v) is 7.48. The molecular weight excluding hydrogens is 254 g/mol. The summed E-state index contributed by atoms with van der Waals surface area (Å²) in [6.45, 7) is 2.95. The van der Waals surface area contributed by atoms with Crippen molar-refractivity contribution in [1.82, 2.24) is 4.31 Å². The summed E-state index contributed by atoms with van der Waals surface area (Å²) < 4.78 is 25.3. The third-order valence-corrected chi connectivity index (χ3v) is 6.17. The first-order valence-corrected chi connectivity index (χ1v) is 8.08. The van der Waals surface area contributed by atoms with E-state index < -0.39 is 16.3 Å². The van der Waals surface area contributed by atoms with Crippen molar-refractivity contribution in [2.75, 3.05) is 13.1 Å². The van der Waals surface area contributed by atoms with Crippen molar-refractivity contribution in [2.24, 2.45) is 11.3 Å². The highest BCUT2D eigenvalue weighted by Gasteiger charge is 2.48. The average molecular weight is 276 g/mol. The molecule has 6 heteroatoms. The number of aliphatic hydroxyl groups is 2. The second-order valence-electron chi connectivity index (χ2n) is 5.60. The lowest BCUT2D eigenvalue weighted by Gasteiger charge is -2.53. The molecule has 0 radical (unpaired) electrons. The third kappa shape index (κ3) is 2.71. The van der Waals surface area contributed by atoms with E-state index in [1.54, 1.807) is 4.31 Å². The molecule has 0 atom stereocenters. The molecule has 0 aromatic heterocycles. The van der Waals surface area contributed by atoms with E-state index in [1.807, 2.05) is 6.92 Å². The van der Waals surface area contributed by atoms with Gasteiger partial charge in [-0.05, 0) is 31.1 Å². The van der Waals surface area contributed by atoms with Gasteiger partial charge in [-0.1, -0.05) is 6.92 Å². The van der Waals surface area contributed by atoms with Crippen LogP contribution in [-0.4, -0.2) is 42.3 Å². The van der Waals surface area contributed by atoms with E-state index in [1.165, 1.54) is 5.75 Å². The molecule has 1 saturated carbocycles. The summed E-state index contributed by atoms with van der Waals surface area (Å²) >= 11 is 0. The third-order valence-electron chi connectivity index (χ3n) is 4.33. The maximum Gasteiger partial charge on any atom is 0.154 e. The van der Waals surface area contributed by atoms with Crippen LogP contribution in [0.3, 0.4) is 0 Å². The molecule has 18 heavy (non-hydrogen) atoms. The molecule has 2 N–H and O–H groups in total. The van der Waals surface area contributed by atoms with Crippen LogP contribution in [0, 0.1) is 17.1 Å². The van der Waals surface area contributed by atoms with E-state index in [0.29, 0.717) is 19.5 Å². The van der Waals surface area contributed by atoms with Crippen molar-refractivity contribution in [2.45, 2.75) is 45.3 Å². The Morgan fingerprint density at radius 3 is 2.33 bits per heavy atom. The van der Waals surface area contributed by atoms with Gasteiger partial charge in [0.05, 0.1) is 10.0 Å². The lowest BCUT2D eigenvalue weighted by molar-refractivity contribution is -0.152. The largest absolute Gasteiger partial charge is 0.368 e. The van der Waals surface area contributed by atoms with Gasteiger partial charge in [0.15, 0.2) is 6.29 Å². The number of sulfonamides is 1. The summed E-state index contributed by atoms with van der Waals surface area (Å²) in [5.74, 6) is 1.35. The summed E-state index contributed by atoms with van der Waals surface area (Å²) in [6.07, 6.45) is 2.63. The highest BCUT2D eigenvalue weighted by atomic mass is 32.2. The molecule has 1 saturated heterocycles. The molecule has 0 bridgehead atoms. The van der Waals surface area contributed by atoms with Crippen molar-refractivity contribution in [1.29, 1.82) is 0 Å². The van der Waals surface area contributed by atoms with Gasteiger partial charge in [0.1, 0.15) is 0 Å². The van der Waals surface area contributed by atoms with Gasteiger partial charge in [0, 0.05) is 19.0 Å². The van der Waals surface area contributed by atoms with Crippen LogP contribution in [0.1, 0.15) is 39.0 Å². The van der Waals surface area contributed by atoms with Gasteiger partial charge in [0.25, 0.3) is 0 Å². The van der Waals surface area contributed by atoms with E-state index in [0.717, 1.165) is 25.7 Å². The Balaban J connectivity index is 1.86. The highest BCUT2D eigenvalue weighted by Crippen LogP contribution is 2.53. The summed E-state index contributed by atoms with van der Waals surface area (Å²) in [7, 11) is -3.19. The van der Waals surface area contributed by atoms with E-state index in [4.69, 9.17) is 10.2 Å². The van der Waals surface area contributed by atoms with Crippen LogP contribution < -0.4 is 0 Å². The van der Waals surface area contributed by atoms with E-state index in [-0.39, 0.29) is 11.3 Å². The van der Waals surface area contributed by atoms with Crippen LogP contribution in [0.2, 0.25) is 0 Å². The van der Waals surface area contributed by atoms with Crippen LogP contribution in [0.5, 0.6) is 0 Å². The number of piperidine rings is 1. The molecular formula is C12H22NO4S-. The quantitative estimate of drug-likeness (QED) is 0.585. The molecule has 2 fully saturated rings. The molecule has 2 aliphatic rings. The predicted molar refractivity (Wildman–Crippen MR) is 67.7 cm³/mol. The second kappa shape index (κ2) is 5.07. The fourth-order valence-electron chi connectivity index (χ4n) is 3.20. The first-order valence-electron chi connectivity index (χ1n) is 6.58. The van der Waals surface area contributed by atoms with Crippen LogP contribution >= 0.6 is 0 Å². The number of rotatable bonds is 4. The molecule has 106 valence electrons. The zero-order valence-corrected chi connectivity index (χ0v) is 11.6. The van der Waals surface area contributed by atoms with Crippen LogP contribution in [0.15, 0.2) is 0 Å². The van der Waals surface area contributed by atoms with Gasteiger partial charge in [-0.3, -0.25) is 0 Å². The summed E-state index contributed by atoms with van der Waals surface area (Å²) in [5, 5.41) is 18.2. The highest BCUT2D eigenvalue weighted by molar-refractivity contribution is 7.91. The topological polar surface area (TPSA) is 77.8 Å². The fourth-order valence-corrected chi connectivity index (χ4v) is 4.53. The monoisotopic (exact) mass is 276 g/mol. The number of aliphatic hydroxyl groups excluding tert-OH is 1. The SMILES string of the molecule is CC[CH-]S(=O)(=O)N1CCC2(CC1)CC(C(O)O)C2. The first-order chi connectivity index (χ1) is 8.38. The van der Waals surface area contributed by atoms with Crippen LogP contribution in [0.25, 0.3) is 0 Å². The van der Waals surface area contributed by atoms with E-state index in [2.05, 4.69) is 0 Å². The molecule has 0 unspecified atom stereocenters. The predicted octanol–water partition coefficient (Wildman–Crippen LogP) is 0.691. The molecule has 0 aromatic carbocycles. The van der Waals surface area contributed by atoms with Gasteiger partial charge in [0.2, 0.25) is 0 Å². The van der Waals surface area contributed by atoms with Gasteiger partial charge < -0.3 is 10.2 Å². The lowest BCUT2D eigenvalue weighted by Crippen LogP contribution is -2.50. The van der Waals surface area contributed by atoms with Crippen molar-refractivity contribution in [3.05, 3.63) is 5.75 Å². The Bertz CT molecular complexity index is 377. The maximum absolute atomic E-state index is 11.9. The van der Waals surface area contributed by atoms with Crippen LogP contribution in [-0.2, 0) is 10.0 Å². The van der Waals surface area contributed by atoms with Crippen molar-refractivity contribution >= 4 is 10.0 Å². The molecule has 2 rings (SSSR count). The Morgan fingerprint density at radius 1 is 1.33 bits per heavy atom. The molecule has 1 aliphatic carbocycles. The lowest BCUT2D eigenvalue weighted by atomic mass is 9.57.